The van der Waals surface area contributed by atoms with Gasteiger partial charge in [-0.2, -0.15) is 0 Å². The van der Waals surface area contributed by atoms with Crippen LogP contribution in [0.4, 0.5) is 0 Å². The Morgan fingerprint density at radius 2 is 1.38 bits per heavy atom. The lowest BCUT2D eigenvalue weighted by Crippen LogP contribution is -2.54. The first-order chi connectivity index (χ1) is 10.2. The van der Waals surface area contributed by atoms with Gasteiger partial charge in [-0.25, -0.2) is 0 Å². The predicted molar refractivity (Wildman–Crippen MR) is 73.3 cm³/mol. The molecule has 2 aliphatic heterocycles. The minimum absolute atomic E-state index is 0.0337. The summed E-state index contributed by atoms with van der Waals surface area (Å²) in [5, 5.41) is 0. The van der Waals surface area contributed by atoms with Crippen molar-refractivity contribution in [2.75, 3.05) is 52.5 Å². The van der Waals surface area contributed by atoms with Gasteiger partial charge >= 0.3 is 0 Å². The zero-order valence-electron chi connectivity index (χ0n) is 12.1. The molecule has 0 unspecified atom stereocenters. The second-order valence-corrected chi connectivity index (χ2v) is 5.92. The first-order valence-corrected chi connectivity index (χ1v) is 7.53. The van der Waals surface area contributed by atoms with Crippen LogP contribution < -0.4 is 0 Å². The van der Waals surface area contributed by atoms with Crippen LogP contribution >= 0.6 is 0 Å². The van der Waals surface area contributed by atoms with E-state index in [1.165, 1.54) is 0 Å². The largest absolute Gasteiger partial charge is 0.378 e. The summed E-state index contributed by atoms with van der Waals surface area (Å²) >= 11 is 0. The Hall–Kier alpha value is -1.63. The third kappa shape index (κ3) is 2.62. The highest BCUT2D eigenvalue weighted by Crippen LogP contribution is 2.49. The summed E-state index contributed by atoms with van der Waals surface area (Å²) in [5.74, 6) is -0.0850. The Morgan fingerprint density at radius 1 is 0.857 bits per heavy atom. The second-order valence-electron chi connectivity index (χ2n) is 5.92. The van der Waals surface area contributed by atoms with Gasteiger partial charge in [0.05, 0.1) is 13.2 Å². The number of amides is 3. The maximum absolute atomic E-state index is 12.7. The third-order valence-corrected chi connectivity index (χ3v) is 4.62. The molecule has 0 atom stereocenters. The number of hydrogen-bond donors (Lipinski definition) is 0. The van der Waals surface area contributed by atoms with Crippen LogP contribution in [0.15, 0.2) is 0 Å². The molecule has 3 aliphatic rings. The first-order valence-electron chi connectivity index (χ1n) is 7.53. The molecule has 3 rings (SSSR count). The molecule has 116 valence electrons. The molecule has 21 heavy (non-hydrogen) atoms. The van der Waals surface area contributed by atoms with Crippen LogP contribution in [0.3, 0.4) is 0 Å². The number of hydrogen-bond acceptors (Lipinski definition) is 4. The van der Waals surface area contributed by atoms with Crippen molar-refractivity contribution in [1.82, 2.24) is 14.7 Å². The summed E-state index contributed by atoms with van der Waals surface area (Å²) in [7, 11) is 0. The van der Waals surface area contributed by atoms with E-state index in [1.54, 1.807) is 14.7 Å². The third-order valence-electron chi connectivity index (χ3n) is 4.62. The van der Waals surface area contributed by atoms with E-state index in [2.05, 4.69) is 0 Å². The van der Waals surface area contributed by atoms with E-state index < -0.39 is 5.41 Å². The van der Waals surface area contributed by atoms with E-state index in [0.29, 0.717) is 65.3 Å². The molecule has 0 spiro atoms. The minimum Gasteiger partial charge on any atom is -0.378 e. The van der Waals surface area contributed by atoms with Crippen LogP contribution in [0.5, 0.6) is 0 Å². The Morgan fingerprint density at radius 3 is 1.86 bits per heavy atom. The maximum atomic E-state index is 12.7. The van der Waals surface area contributed by atoms with Gasteiger partial charge in [-0.05, 0) is 12.8 Å². The zero-order valence-corrected chi connectivity index (χ0v) is 12.1. The number of carbonyl (C=O) groups excluding carboxylic acids is 3. The molecule has 0 aromatic rings. The number of rotatable bonds is 3. The Balaban J connectivity index is 1.63. The molecule has 3 fully saturated rings. The van der Waals surface area contributed by atoms with Crippen molar-refractivity contribution < 1.29 is 19.1 Å². The molecular weight excluding hydrogens is 274 g/mol. The molecule has 7 heteroatoms. The Kier molecular flexibility index (Phi) is 3.84. The van der Waals surface area contributed by atoms with E-state index in [0.717, 1.165) is 6.41 Å². The van der Waals surface area contributed by atoms with Gasteiger partial charge in [0.2, 0.25) is 18.2 Å². The van der Waals surface area contributed by atoms with Crippen molar-refractivity contribution in [3.8, 4) is 0 Å². The lowest BCUT2D eigenvalue weighted by Gasteiger charge is -2.36. The van der Waals surface area contributed by atoms with Gasteiger partial charge in [0.25, 0.3) is 0 Å². The highest BCUT2D eigenvalue weighted by atomic mass is 16.5. The van der Waals surface area contributed by atoms with Crippen molar-refractivity contribution >= 4 is 18.2 Å². The lowest BCUT2D eigenvalue weighted by atomic mass is 10.0. The lowest BCUT2D eigenvalue weighted by molar-refractivity contribution is -0.153. The molecule has 2 saturated heterocycles. The number of piperazine rings is 1. The van der Waals surface area contributed by atoms with Crippen LogP contribution in [0.2, 0.25) is 0 Å². The zero-order chi connectivity index (χ0) is 14.9. The SMILES string of the molecule is O=CN1CCN(C(=O)C2(C(=O)N3CCOCC3)CC2)CC1. The summed E-state index contributed by atoms with van der Waals surface area (Å²) in [6.07, 6.45) is 2.11. The molecular formula is C14H21N3O4. The smallest absolute Gasteiger partial charge is 0.238 e. The molecule has 0 N–H and O–H groups in total. The molecule has 1 saturated carbocycles. The van der Waals surface area contributed by atoms with E-state index in [1.807, 2.05) is 0 Å². The standard InChI is InChI=1S/C14H21N3O4/c18-11-15-3-5-16(6-4-15)12(19)14(1-2-14)13(20)17-7-9-21-10-8-17/h11H,1-10H2. The van der Waals surface area contributed by atoms with Crippen molar-refractivity contribution in [2.45, 2.75) is 12.8 Å². The highest BCUT2D eigenvalue weighted by molar-refractivity contribution is 6.07. The number of ether oxygens (including phenoxy) is 1. The van der Waals surface area contributed by atoms with E-state index in [-0.39, 0.29) is 11.8 Å². The fourth-order valence-electron chi connectivity index (χ4n) is 3.05. The summed E-state index contributed by atoms with van der Waals surface area (Å²) in [4.78, 5) is 41.2. The average Bonchev–Trinajstić information content (AvgIpc) is 3.36. The van der Waals surface area contributed by atoms with Crippen LogP contribution in [0.25, 0.3) is 0 Å². The monoisotopic (exact) mass is 295 g/mol. The van der Waals surface area contributed by atoms with E-state index >= 15 is 0 Å². The molecule has 7 nitrogen and oxygen atoms in total. The van der Waals surface area contributed by atoms with Gasteiger partial charge in [-0.3, -0.25) is 14.4 Å². The molecule has 3 amide bonds. The maximum Gasteiger partial charge on any atom is 0.238 e. The summed E-state index contributed by atoms with van der Waals surface area (Å²) in [6.45, 7) is 4.40. The Labute approximate surface area is 123 Å². The van der Waals surface area contributed by atoms with Crippen molar-refractivity contribution in [2.24, 2.45) is 5.41 Å². The fraction of sp³-hybridized carbons (Fsp3) is 0.786. The van der Waals surface area contributed by atoms with Gasteiger partial charge in [0.1, 0.15) is 5.41 Å². The van der Waals surface area contributed by atoms with E-state index in [9.17, 15) is 14.4 Å². The minimum atomic E-state index is -0.819. The number of nitrogens with zero attached hydrogens (tertiary/aromatic N) is 3. The van der Waals surface area contributed by atoms with Crippen molar-refractivity contribution in [3.63, 3.8) is 0 Å². The van der Waals surface area contributed by atoms with Crippen molar-refractivity contribution in [3.05, 3.63) is 0 Å². The van der Waals surface area contributed by atoms with Gasteiger partial charge in [0.15, 0.2) is 0 Å². The van der Waals surface area contributed by atoms with E-state index in [4.69, 9.17) is 4.74 Å². The van der Waals surface area contributed by atoms with Gasteiger partial charge in [-0.1, -0.05) is 0 Å². The molecule has 0 radical (unpaired) electrons. The Bertz CT molecular complexity index is 436. The summed E-state index contributed by atoms with van der Waals surface area (Å²) in [5.41, 5.74) is -0.819. The van der Waals surface area contributed by atoms with Crippen LogP contribution in [0, 0.1) is 5.41 Å². The predicted octanol–water partition coefficient (Wildman–Crippen LogP) is -1.07. The molecule has 0 aromatic heterocycles. The molecule has 1 aliphatic carbocycles. The molecule has 0 bridgehead atoms. The normalized spacial score (nSPS) is 24.7. The van der Waals surface area contributed by atoms with Crippen LogP contribution in [0.1, 0.15) is 12.8 Å². The van der Waals surface area contributed by atoms with Crippen molar-refractivity contribution in [1.29, 1.82) is 0 Å². The molecule has 0 aromatic carbocycles. The topological polar surface area (TPSA) is 70.2 Å². The van der Waals surface area contributed by atoms with Gasteiger partial charge < -0.3 is 19.4 Å². The quantitative estimate of drug-likeness (QED) is 0.491. The first kappa shape index (κ1) is 14.3. The number of carbonyl (C=O) groups is 3. The second kappa shape index (κ2) is 5.63. The summed E-state index contributed by atoms with van der Waals surface area (Å²) < 4.78 is 5.26. The summed E-state index contributed by atoms with van der Waals surface area (Å²) in [6, 6.07) is 0. The van der Waals surface area contributed by atoms with Gasteiger partial charge in [0, 0.05) is 39.3 Å². The van der Waals surface area contributed by atoms with Crippen LogP contribution in [-0.4, -0.2) is 85.4 Å². The average molecular weight is 295 g/mol. The van der Waals surface area contributed by atoms with Crippen LogP contribution in [-0.2, 0) is 19.1 Å². The van der Waals surface area contributed by atoms with Gasteiger partial charge in [-0.15, -0.1) is 0 Å². The number of morpholine rings is 1. The highest BCUT2D eigenvalue weighted by Gasteiger charge is 2.59. The molecule has 2 heterocycles. The fourth-order valence-corrected chi connectivity index (χ4v) is 3.05.